The van der Waals surface area contributed by atoms with Crippen molar-refractivity contribution < 1.29 is 9.59 Å². The predicted octanol–water partition coefficient (Wildman–Crippen LogP) is 1.95. The molecule has 0 unspecified atom stereocenters. The van der Waals surface area contributed by atoms with Crippen LogP contribution in [-0.4, -0.2) is 11.6 Å². The average molecular weight is 254 g/mol. The van der Waals surface area contributed by atoms with Crippen LogP contribution in [0.15, 0.2) is 41.3 Å². The fraction of sp³-hybridized carbons (Fsp3) is 0. The van der Waals surface area contributed by atoms with Gasteiger partial charge >= 0.3 is 0 Å². The lowest BCUT2D eigenvalue weighted by Crippen LogP contribution is -2.22. The first kappa shape index (κ1) is 10.9. The minimum atomic E-state index is -0.232. The first-order chi connectivity index (χ1) is 8.61. The number of carbonyl (C=O) groups excluding carboxylic acids is 2. The molecule has 0 radical (unpaired) electrons. The number of fused-ring (bicyclic) bond motifs is 2. The van der Waals surface area contributed by atoms with Crippen LogP contribution in [-0.2, 0) is 12.6 Å². The number of hydrogen-bond donors (Lipinski definition) is 1. The number of nitrogens with two attached hydrogens (primary N) is 1. The monoisotopic (exact) mass is 254 g/mol. The topological polar surface area (TPSA) is 60.2 Å². The van der Waals surface area contributed by atoms with Crippen molar-refractivity contribution in [3.63, 3.8) is 0 Å². The molecule has 0 amide bonds. The summed E-state index contributed by atoms with van der Waals surface area (Å²) in [4.78, 5) is 25.0. The van der Waals surface area contributed by atoms with E-state index in [0.717, 1.165) is 0 Å². The van der Waals surface area contributed by atoms with Gasteiger partial charge < -0.3 is 18.4 Å². The van der Waals surface area contributed by atoms with Crippen molar-refractivity contribution in [1.82, 2.24) is 0 Å². The number of hydrogen-bond acceptors (Lipinski definition) is 4. The summed E-state index contributed by atoms with van der Waals surface area (Å²) in [5.41, 5.74) is 7.45. The molecule has 2 aromatic rings. The Bertz CT molecular complexity index is 707. The van der Waals surface area contributed by atoms with Crippen LogP contribution in [0.5, 0.6) is 0 Å². The number of carbonyl (C=O) groups is 2. The van der Waals surface area contributed by atoms with E-state index in [9.17, 15) is 9.59 Å². The summed E-state index contributed by atoms with van der Waals surface area (Å²) in [7, 11) is 0. The van der Waals surface area contributed by atoms with Crippen molar-refractivity contribution in [1.29, 1.82) is 0 Å². The molecule has 2 aromatic carbocycles. The van der Waals surface area contributed by atoms with Gasteiger partial charge in [-0.15, -0.1) is 0 Å². The standard InChI is InChI=1S/C14H9NO2S/c15-12-10(18)6-5-9-11(12)14(17)8-4-2-1-3-7(8)13(9)16/h1-6,18H,15H2/p-1. The molecule has 0 aromatic heterocycles. The van der Waals surface area contributed by atoms with Gasteiger partial charge in [-0.1, -0.05) is 36.4 Å². The Morgan fingerprint density at radius 2 is 1.44 bits per heavy atom. The highest BCUT2D eigenvalue weighted by atomic mass is 32.1. The Hall–Kier alpha value is -2.20. The molecule has 88 valence electrons. The SMILES string of the molecule is Nc1c([S-])ccc2c1C(=O)c1ccccc1C2=O. The van der Waals surface area contributed by atoms with Gasteiger partial charge in [-0.2, -0.15) is 4.90 Å². The van der Waals surface area contributed by atoms with E-state index in [4.69, 9.17) is 18.4 Å². The van der Waals surface area contributed by atoms with E-state index < -0.39 is 0 Å². The molecule has 4 heteroatoms. The van der Waals surface area contributed by atoms with E-state index in [1.165, 1.54) is 0 Å². The molecule has 1 aliphatic rings. The van der Waals surface area contributed by atoms with Crippen LogP contribution in [0.3, 0.4) is 0 Å². The molecule has 0 aliphatic heterocycles. The van der Waals surface area contributed by atoms with Crippen LogP contribution in [0.2, 0.25) is 0 Å². The molecular formula is C14H8NO2S-. The normalized spacial score (nSPS) is 13.1. The molecule has 0 bridgehead atoms. The Morgan fingerprint density at radius 3 is 2.11 bits per heavy atom. The third-order valence-electron chi connectivity index (χ3n) is 3.09. The summed E-state index contributed by atoms with van der Waals surface area (Å²) in [6.07, 6.45) is 0. The molecule has 18 heavy (non-hydrogen) atoms. The number of anilines is 1. The first-order valence-corrected chi connectivity index (χ1v) is 5.80. The van der Waals surface area contributed by atoms with Crippen molar-refractivity contribution in [2.24, 2.45) is 0 Å². The fourth-order valence-corrected chi connectivity index (χ4v) is 2.36. The maximum absolute atomic E-state index is 12.3. The Labute approximate surface area is 109 Å². The van der Waals surface area contributed by atoms with Gasteiger partial charge in [-0.25, -0.2) is 0 Å². The Morgan fingerprint density at radius 1 is 0.833 bits per heavy atom. The molecule has 0 saturated carbocycles. The zero-order valence-electron chi connectivity index (χ0n) is 9.27. The van der Waals surface area contributed by atoms with E-state index in [2.05, 4.69) is 0 Å². The lowest BCUT2D eigenvalue weighted by Gasteiger charge is -2.22. The highest BCUT2D eigenvalue weighted by Crippen LogP contribution is 2.32. The summed E-state index contributed by atoms with van der Waals surface area (Å²) in [5, 5.41) is 0. The zero-order valence-corrected chi connectivity index (χ0v) is 10.1. The highest BCUT2D eigenvalue weighted by molar-refractivity contribution is 7.59. The quantitative estimate of drug-likeness (QED) is 0.492. The second-order valence-corrected chi connectivity index (χ2v) is 4.54. The van der Waals surface area contributed by atoms with E-state index in [-0.39, 0.29) is 22.8 Å². The van der Waals surface area contributed by atoms with Crippen molar-refractivity contribution in [2.75, 3.05) is 5.73 Å². The molecule has 0 spiro atoms. The third-order valence-corrected chi connectivity index (χ3v) is 3.45. The van der Waals surface area contributed by atoms with E-state index in [0.29, 0.717) is 21.6 Å². The summed E-state index contributed by atoms with van der Waals surface area (Å²) in [6.45, 7) is 0. The summed E-state index contributed by atoms with van der Waals surface area (Å²) >= 11 is 5.04. The second-order valence-electron chi connectivity index (χ2n) is 4.10. The molecule has 0 fully saturated rings. The third kappa shape index (κ3) is 1.29. The summed E-state index contributed by atoms with van der Waals surface area (Å²) < 4.78 is 0. The minimum absolute atomic E-state index is 0.179. The minimum Gasteiger partial charge on any atom is -0.778 e. The largest absolute Gasteiger partial charge is 0.778 e. The smallest absolute Gasteiger partial charge is 0.196 e. The number of benzene rings is 2. The first-order valence-electron chi connectivity index (χ1n) is 5.39. The van der Waals surface area contributed by atoms with Gasteiger partial charge in [0.1, 0.15) is 0 Å². The maximum atomic E-state index is 12.3. The molecular weight excluding hydrogens is 246 g/mol. The van der Waals surface area contributed by atoms with Gasteiger partial charge in [-0.05, 0) is 0 Å². The summed E-state index contributed by atoms with van der Waals surface area (Å²) in [5.74, 6) is -0.411. The predicted molar refractivity (Wildman–Crippen MR) is 69.8 cm³/mol. The van der Waals surface area contributed by atoms with Crippen molar-refractivity contribution >= 4 is 29.9 Å². The van der Waals surface area contributed by atoms with Gasteiger partial charge in [0.05, 0.1) is 5.56 Å². The molecule has 2 N–H and O–H groups in total. The lowest BCUT2D eigenvalue weighted by atomic mass is 9.83. The molecule has 0 heterocycles. The zero-order chi connectivity index (χ0) is 12.9. The van der Waals surface area contributed by atoms with Crippen molar-refractivity contribution in [2.45, 2.75) is 4.90 Å². The summed E-state index contributed by atoms with van der Waals surface area (Å²) in [6, 6.07) is 9.90. The van der Waals surface area contributed by atoms with Crippen LogP contribution < -0.4 is 5.73 Å². The number of nitrogen functional groups attached to an aromatic ring is 1. The number of ketones is 2. The van der Waals surface area contributed by atoms with Gasteiger partial charge in [0.25, 0.3) is 0 Å². The van der Waals surface area contributed by atoms with Crippen LogP contribution in [0.1, 0.15) is 31.8 Å². The van der Waals surface area contributed by atoms with Crippen LogP contribution in [0.4, 0.5) is 5.69 Å². The average Bonchev–Trinajstić information content (AvgIpc) is 2.39. The highest BCUT2D eigenvalue weighted by Gasteiger charge is 2.30. The fourth-order valence-electron chi connectivity index (χ4n) is 2.19. The Balaban J connectivity index is 2.38. The van der Waals surface area contributed by atoms with Crippen molar-refractivity contribution in [3.8, 4) is 0 Å². The second kappa shape index (κ2) is 3.65. The van der Waals surface area contributed by atoms with Crippen LogP contribution >= 0.6 is 0 Å². The van der Waals surface area contributed by atoms with E-state index in [1.54, 1.807) is 36.4 Å². The van der Waals surface area contributed by atoms with Gasteiger partial charge in [-0.3, -0.25) is 9.59 Å². The van der Waals surface area contributed by atoms with E-state index >= 15 is 0 Å². The lowest BCUT2D eigenvalue weighted by molar-refractivity contribution is 0.0979. The molecule has 0 saturated heterocycles. The van der Waals surface area contributed by atoms with E-state index in [1.807, 2.05) is 0 Å². The van der Waals surface area contributed by atoms with Crippen LogP contribution in [0, 0.1) is 0 Å². The Kier molecular flexibility index (Phi) is 2.21. The number of rotatable bonds is 0. The van der Waals surface area contributed by atoms with Gasteiger partial charge in [0.2, 0.25) is 0 Å². The molecule has 3 rings (SSSR count). The maximum Gasteiger partial charge on any atom is 0.196 e. The van der Waals surface area contributed by atoms with Crippen molar-refractivity contribution in [3.05, 3.63) is 58.7 Å². The molecule has 0 atom stereocenters. The van der Waals surface area contributed by atoms with Gasteiger partial charge in [0.15, 0.2) is 11.6 Å². The molecule has 1 aliphatic carbocycles. The van der Waals surface area contributed by atoms with Gasteiger partial charge in [0, 0.05) is 22.4 Å². The van der Waals surface area contributed by atoms with Crippen LogP contribution in [0.25, 0.3) is 0 Å². The molecule has 3 nitrogen and oxygen atoms in total.